The van der Waals surface area contributed by atoms with Gasteiger partial charge in [0.1, 0.15) is 0 Å². The Hall–Kier alpha value is -1.45. The van der Waals surface area contributed by atoms with E-state index >= 15 is 0 Å². The molecular weight excluding hydrogens is 520 g/mol. The Morgan fingerprint density at radius 2 is 1.85 bits per heavy atom. The van der Waals surface area contributed by atoms with Crippen LogP contribution in [0.1, 0.15) is 94.1 Å². The number of rotatable bonds is 9. The van der Waals surface area contributed by atoms with Gasteiger partial charge in [-0.15, -0.1) is 0 Å². The van der Waals surface area contributed by atoms with Crippen molar-refractivity contribution in [2.45, 2.75) is 84.0 Å². The Labute approximate surface area is 215 Å². The van der Waals surface area contributed by atoms with Crippen molar-refractivity contribution in [1.82, 2.24) is 20.3 Å². The summed E-state index contributed by atoms with van der Waals surface area (Å²) in [7, 11) is 0. The van der Waals surface area contributed by atoms with E-state index in [-0.39, 0.29) is 23.4 Å². The lowest BCUT2D eigenvalue weighted by Crippen LogP contribution is -2.40. The van der Waals surface area contributed by atoms with Crippen molar-refractivity contribution < 1.29 is 14.7 Å². The molecule has 0 saturated heterocycles. The molecule has 0 amide bonds. The number of hydroxylamine groups is 1. The first kappa shape index (κ1) is 27.1. The number of aromatic carboxylic acids is 1. The van der Waals surface area contributed by atoms with E-state index in [9.17, 15) is 9.90 Å². The Morgan fingerprint density at radius 1 is 1.24 bits per heavy atom. The third-order valence-electron chi connectivity index (χ3n) is 6.09. The summed E-state index contributed by atoms with van der Waals surface area (Å²) in [4.78, 5) is 22.2. The van der Waals surface area contributed by atoms with Crippen LogP contribution >= 0.6 is 27.5 Å². The number of benzene rings is 1. The second kappa shape index (κ2) is 11.5. The minimum absolute atomic E-state index is 0.0332. The quantitative estimate of drug-likeness (QED) is 0.322. The van der Waals surface area contributed by atoms with Crippen molar-refractivity contribution in [3.05, 3.63) is 51.0 Å². The molecule has 0 bridgehead atoms. The van der Waals surface area contributed by atoms with Crippen LogP contribution in [0.3, 0.4) is 0 Å². The van der Waals surface area contributed by atoms with Crippen molar-refractivity contribution in [2.75, 3.05) is 6.54 Å². The summed E-state index contributed by atoms with van der Waals surface area (Å²) in [5, 5.41) is 14.2. The lowest BCUT2D eigenvalue weighted by Gasteiger charge is -2.32. The van der Waals surface area contributed by atoms with Gasteiger partial charge >= 0.3 is 5.97 Å². The predicted molar refractivity (Wildman–Crippen MR) is 138 cm³/mol. The molecule has 1 aromatic heterocycles. The standard InChI is InChI=1S/C25H36BrClN4O3/c1-15(2)31-22(21(23(32)33)29-24(31)26)20(17-8-10-18(27)11-9-17)28-14-16-6-12-19(13-7-16)30-34-25(3,4)5/h8-11,15-16,19-20,28,30H,6-7,12-14H2,1-5H3,(H,32,33). The van der Waals surface area contributed by atoms with Gasteiger partial charge in [0, 0.05) is 17.1 Å². The summed E-state index contributed by atoms with van der Waals surface area (Å²) in [5.74, 6) is -0.545. The highest BCUT2D eigenvalue weighted by Gasteiger charge is 2.31. The summed E-state index contributed by atoms with van der Waals surface area (Å²) in [5.41, 5.74) is 4.68. The topological polar surface area (TPSA) is 88.4 Å². The number of hydrogen-bond donors (Lipinski definition) is 3. The average Bonchev–Trinajstić information content (AvgIpc) is 3.11. The first-order valence-corrected chi connectivity index (χ1v) is 13.1. The van der Waals surface area contributed by atoms with Crippen molar-refractivity contribution in [3.8, 4) is 0 Å². The minimum atomic E-state index is -1.04. The number of hydrogen-bond acceptors (Lipinski definition) is 5. The molecule has 9 heteroatoms. The van der Waals surface area contributed by atoms with Crippen molar-refractivity contribution >= 4 is 33.5 Å². The first-order chi connectivity index (χ1) is 16.0. The first-order valence-electron chi connectivity index (χ1n) is 11.9. The normalized spacial score (nSPS) is 20.0. The largest absolute Gasteiger partial charge is 0.476 e. The molecule has 3 rings (SSSR count). The SMILES string of the molecule is CC(C)n1c(Br)nc(C(=O)O)c1C(NCC1CCC(NOC(C)(C)C)CC1)c1ccc(Cl)cc1. The molecule has 1 heterocycles. The summed E-state index contributed by atoms with van der Waals surface area (Å²) in [6.45, 7) is 10.9. The van der Waals surface area contributed by atoms with E-state index in [0.29, 0.717) is 27.4 Å². The maximum absolute atomic E-state index is 12.1. The van der Waals surface area contributed by atoms with E-state index in [1.54, 1.807) is 0 Å². The van der Waals surface area contributed by atoms with E-state index in [4.69, 9.17) is 16.4 Å². The van der Waals surface area contributed by atoms with Crippen LogP contribution in [0.2, 0.25) is 5.02 Å². The molecule has 3 N–H and O–H groups in total. The molecule has 1 unspecified atom stereocenters. The van der Waals surface area contributed by atoms with Gasteiger partial charge in [0.2, 0.25) is 0 Å². The van der Waals surface area contributed by atoms with Gasteiger partial charge in [-0.05, 0) is 106 Å². The lowest BCUT2D eigenvalue weighted by molar-refractivity contribution is -0.0940. The van der Waals surface area contributed by atoms with Crippen LogP contribution in [-0.2, 0) is 4.84 Å². The van der Waals surface area contributed by atoms with Gasteiger partial charge in [0.15, 0.2) is 10.4 Å². The number of carboxylic acids is 1. The number of carbonyl (C=O) groups is 1. The van der Waals surface area contributed by atoms with E-state index in [0.717, 1.165) is 37.8 Å². The highest BCUT2D eigenvalue weighted by Crippen LogP contribution is 2.33. The van der Waals surface area contributed by atoms with Gasteiger partial charge < -0.3 is 15.0 Å². The molecule has 0 radical (unpaired) electrons. The van der Waals surface area contributed by atoms with Gasteiger partial charge in [0.25, 0.3) is 0 Å². The predicted octanol–water partition coefficient (Wildman–Crippen LogP) is 6.14. The van der Waals surface area contributed by atoms with Gasteiger partial charge in [-0.25, -0.2) is 9.78 Å². The zero-order valence-electron chi connectivity index (χ0n) is 20.6. The average molecular weight is 556 g/mol. The van der Waals surface area contributed by atoms with E-state index in [2.05, 4.69) is 31.7 Å². The maximum Gasteiger partial charge on any atom is 0.356 e. The summed E-state index contributed by atoms with van der Waals surface area (Å²) < 4.78 is 2.46. The fourth-order valence-corrected chi connectivity index (χ4v) is 5.30. The van der Waals surface area contributed by atoms with Crippen LogP contribution in [0.15, 0.2) is 29.0 Å². The molecule has 0 aliphatic heterocycles. The van der Waals surface area contributed by atoms with Gasteiger partial charge in [-0.2, -0.15) is 5.48 Å². The van der Waals surface area contributed by atoms with Crippen LogP contribution in [0, 0.1) is 5.92 Å². The zero-order valence-corrected chi connectivity index (χ0v) is 22.9. The van der Waals surface area contributed by atoms with Crippen LogP contribution in [0.4, 0.5) is 0 Å². The Kier molecular flexibility index (Phi) is 9.20. The van der Waals surface area contributed by atoms with Crippen LogP contribution < -0.4 is 10.8 Å². The van der Waals surface area contributed by atoms with E-state index in [1.807, 2.05) is 63.5 Å². The molecule has 1 saturated carbocycles. The van der Waals surface area contributed by atoms with Crippen molar-refractivity contribution in [3.63, 3.8) is 0 Å². The number of carboxylic acid groups (broad SMARTS) is 1. The van der Waals surface area contributed by atoms with Gasteiger partial charge in [-0.1, -0.05) is 23.7 Å². The highest BCUT2D eigenvalue weighted by atomic mass is 79.9. The van der Waals surface area contributed by atoms with E-state index in [1.165, 1.54) is 0 Å². The Balaban J connectivity index is 1.79. The fourth-order valence-electron chi connectivity index (χ4n) is 4.40. The van der Waals surface area contributed by atoms with Crippen molar-refractivity contribution in [1.29, 1.82) is 0 Å². The number of imidazole rings is 1. The molecule has 1 aliphatic carbocycles. The molecule has 1 aliphatic rings. The molecule has 7 nitrogen and oxygen atoms in total. The maximum atomic E-state index is 12.1. The number of nitrogens with one attached hydrogen (secondary N) is 2. The second-order valence-electron chi connectivity index (χ2n) is 10.3. The number of nitrogens with zero attached hydrogens (tertiary/aromatic N) is 2. The molecule has 188 valence electrons. The fraction of sp³-hybridized carbons (Fsp3) is 0.600. The van der Waals surface area contributed by atoms with Crippen LogP contribution in [-0.4, -0.2) is 38.8 Å². The summed E-state index contributed by atoms with van der Waals surface area (Å²) in [6, 6.07) is 7.63. The smallest absolute Gasteiger partial charge is 0.356 e. The third-order valence-corrected chi connectivity index (χ3v) is 6.90. The van der Waals surface area contributed by atoms with Gasteiger partial charge in [0.05, 0.1) is 17.3 Å². The Morgan fingerprint density at radius 3 is 2.38 bits per heavy atom. The number of halogens is 2. The number of aromatic nitrogens is 2. The van der Waals surface area contributed by atoms with Crippen molar-refractivity contribution in [2.24, 2.45) is 5.92 Å². The zero-order chi connectivity index (χ0) is 25.0. The monoisotopic (exact) mass is 554 g/mol. The molecule has 2 aromatic rings. The summed E-state index contributed by atoms with van der Waals surface area (Å²) in [6.07, 6.45) is 4.24. The third kappa shape index (κ3) is 7.04. The molecule has 1 atom stereocenters. The molecular formula is C25H36BrClN4O3. The molecule has 1 aromatic carbocycles. The van der Waals surface area contributed by atoms with Crippen LogP contribution in [0.25, 0.3) is 0 Å². The van der Waals surface area contributed by atoms with Gasteiger partial charge in [-0.3, -0.25) is 4.84 Å². The minimum Gasteiger partial charge on any atom is -0.476 e. The summed E-state index contributed by atoms with van der Waals surface area (Å²) >= 11 is 9.61. The molecule has 1 fully saturated rings. The molecule has 34 heavy (non-hydrogen) atoms. The van der Waals surface area contributed by atoms with E-state index < -0.39 is 5.97 Å². The van der Waals surface area contributed by atoms with Crippen LogP contribution in [0.5, 0.6) is 0 Å². The lowest BCUT2D eigenvalue weighted by atomic mass is 9.86. The molecule has 0 spiro atoms. The second-order valence-corrected chi connectivity index (χ2v) is 11.5. The Bertz CT molecular complexity index is 964. The highest BCUT2D eigenvalue weighted by molar-refractivity contribution is 9.10.